The summed E-state index contributed by atoms with van der Waals surface area (Å²) in [5, 5.41) is 0. The molecule has 0 saturated heterocycles. The quantitative estimate of drug-likeness (QED) is 0.437. The molecule has 0 aliphatic carbocycles. The summed E-state index contributed by atoms with van der Waals surface area (Å²) < 4.78 is 1.12. The molecule has 0 atom stereocenters. The van der Waals surface area contributed by atoms with Crippen LogP contribution < -0.4 is 0 Å². The number of rotatable bonds is 9. The zero-order valence-corrected chi connectivity index (χ0v) is 12.8. The molecule has 0 N–H and O–H groups in total. The zero-order valence-electron chi connectivity index (χ0n) is 11.1. The predicted molar refractivity (Wildman–Crippen MR) is 81.4 cm³/mol. The Morgan fingerprint density at radius 2 is 1.44 bits per heavy atom. The Morgan fingerprint density at radius 3 is 1.88 bits per heavy atom. The Bertz CT molecular complexity index is 163. The van der Waals surface area contributed by atoms with Crippen LogP contribution in [0.4, 0.5) is 0 Å². The molecule has 0 fully saturated rings. The number of unbranched alkanes of at least 4 members (excludes halogenated alkanes) is 3. The van der Waals surface area contributed by atoms with Crippen LogP contribution in [-0.2, 0) is 0 Å². The summed E-state index contributed by atoms with van der Waals surface area (Å²) >= 11 is 7.37. The van der Waals surface area contributed by atoms with Gasteiger partial charge < -0.3 is 4.90 Å². The Morgan fingerprint density at radius 1 is 0.938 bits per heavy atom. The van der Waals surface area contributed by atoms with Crippen LogP contribution in [-0.4, -0.2) is 28.1 Å². The maximum Gasteiger partial charge on any atom is 0.136 e. The van der Waals surface area contributed by atoms with Gasteiger partial charge in [-0.15, -0.1) is 0 Å². The van der Waals surface area contributed by atoms with Crippen molar-refractivity contribution in [2.75, 3.05) is 18.8 Å². The molecule has 3 heteroatoms. The van der Waals surface area contributed by atoms with Crippen LogP contribution in [0.25, 0.3) is 0 Å². The van der Waals surface area contributed by atoms with Crippen LogP contribution in [0.1, 0.15) is 59.3 Å². The van der Waals surface area contributed by atoms with Crippen molar-refractivity contribution in [2.45, 2.75) is 59.3 Å². The van der Waals surface area contributed by atoms with Gasteiger partial charge in [0, 0.05) is 18.8 Å². The average Bonchev–Trinajstić information content (AvgIpc) is 2.29. The fraction of sp³-hybridized carbons (Fsp3) is 0.923. The van der Waals surface area contributed by atoms with Crippen LogP contribution in [0.3, 0.4) is 0 Å². The fourth-order valence-corrected chi connectivity index (χ4v) is 2.79. The van der Waals surface area contributed by atoms with Crippen LogP contribution in [0, 0.1) is 0 Å². The minimum Gasteiger partial charge on any atom is -0.358 e. The molecule has 0 heterocycles. The molecule has 0 aliphatic heterocycles. The summed E-state index contributed by atoms with van der Waals surface area (Å²) in [5.74, 6) is 1.18. The molecule has 0 rings (SSSR count). The van der Waals surface area contributed by atoms with Gasteiger partial charge in [0.2, 0.25) is 0 Å². The molecule has 1 nitrogen and oxygen atoms in total. The van der Waals surface area contributed by atoms with Crippen molar-refractivity contribution < 1.29 is 0 Å². The number of thioether (sulfide) groups is 1. The van der Waals surface area contributed by atoms with Crippen LogP contribution in [0.5, 0.6) is 0 Å². The topological polar surface area (TPSA) is 3.24 Å². The molecule has 0 bridgehead atoms. The summed E-state index contributed by atoms with van der Waals surface area (Å²) in [5.41, 5.74) is 0. The van der Waals surface area contributed by atoms with E-state index in [0.29, 0.717) is 0 Å². The summed E-state index contributed by atoms with van der Waals surface area (Å²) in [4.78, 5) is 2.41. The van der Waals surface area contributed by atoms with Crippen LogP contribution >= 0.6 is 24.0 Å². The standard InChI is InChI=1S/C13H27NS2/c1-4-7-10-14(11-8-5-2)13(15)16-12-9-6-3/h4-12H2,1-3H3. The average molecular weight is 261 g/mol. The summed E-state index contributed by atoms with van der Waals surface area (Å²) in [6, 6.07) is 0. The molecule has 0 aliphatic rings. The number of hydrogen-bond acceptors (Lipinski definition) is 2. The van der Waals surface area contributed by atoms with E-state index >= 15 is 0 Å². The maximum absolute atomic E-state index is 5.50. The molecule has 0 spiro atoms. The van der Waals surface area contributed by atoms with Gasteiger partial charge in [0.05, 0.1) is 0 Å². The molecule has 0 amide bonds. The van der Waals surface area contributed by atoms with E-state index in [9.17, 15) is 0 Å². The van der Waals surface area contributed by atoms with Gasteiger partial charge >= 0.3 is 0 Å². The number of nitrogens with zero attached hydrogens (tertiary/aromatic N) is 1. The lowest BCUT2D eigenvalue weighted by Gasteiger charge is -2.24. The van der Waals surface area contributed by atoms with Crippen molar-refractivity contribution in [3.63, 3.8) is 0 Å². The van der Waals surface area contributed by atoms with Crippen molar-refractivity contribution in [2.24, 2.45) is 0 Å². The molecule has 16 heavy (non-hydrogen) atoms. The highest BCUT2D eigenvalue weighted by molar-refractivity contribution is 8.22. The van der Waals surface area contributed by atoms with Crippen molar-refractivity contribution in [1.82, 2.24) is 4.90 Å². The lowest BCUT2D eigenvalue weighted by molar-refractivity contribution is 0.410. The molecular formula is C13H27NS2. The second kappa shape index (κ2) is 11.7. The predicted octanol–water partition coefficient (Wildman–Crippen LogP) is 4.71. The Kier molecular flexibility index (Phi) is 11.9. The molecule has 0 unspecified atom stereocenters. The largest absolute Gasteiger partial charge is 0.358 e. The first kappa shape index (κ1) is 16.2. The van der Waals surface area contributed by atoms with Crippen LogP contribution in [0.2, 0.25) is 0 Å². The lowest BCUT2D eigenvalue weighted by atomic mass is 10.3. The first-order valence-corrected chi connectivity index (χ1v) is 8.07. The lowest BCUT2D eigenvalue weighted by Crippen LogP contribution is -2.29. The van der Waals surface area contributed by atoms with E-state index in [1.807, 2.05) is 11.8 Å². The smallest absolute Gasteiger partial charge is 0.136 e. The van der Waals surface area contributed by atoms with Gasteiger partial charge in [0.25, 0.3) is 0 Å². The Balaban J connectivity index is 3.88. The molecule has 0 aromatic carbocycles. The van der Waals surface area contributed by atoms with Crippen molar-refractivity contribution in [3.05, 3.63) is 0 Å². The first-order chi connectivity index (χ1) is 7.76. The van der Waals surface area contributed by atoms with E-state index in [0.717, 1.165) is 17.4 Å². The van der Waals surface area contributed by atoms with Crippen molar-refractivity contribution in [1.29, 1.82) is 0 Å². The van der Waals surface area contributed by atoms with Crippen molar-refractivity contribution >= 4 is 28.3 Å². The molecule has 0 aromatic heterocycles. The molecule has 96 valence electrons. The monoisotopic (exact) mass is 261 g/mol. The fourth-order valence-electron chi connectivity index (χ4n) is 1.39. The summed E-state index contributed by atoms with van der Waals surface area (Å²) in [7, 11) is 0. The maximum atomic E-state index is 5.50. The van der Waals surface area contributed by atoms with E-state index in [1.54, 1.807) is 0 Å². The Hall–Kier alpha value is 0.240. The second-order valence-corrected chi connectivity index (χ2v) is 5.89. The molecule has 0 aromatic rings. The second-order valence-electron chi connectivity index (χ2n) is 4.16. The van der Waals surface area contributed by atoms with Crippen molar-refractivity contribution in [3.8, 4) is 0 Å². The van der Waals surface area contributed by atoms with Gasteiger partial charge in [-0.3, -0.25) is 0 Å². The van der Waals surface area contributed by atoms with Gasteiger partial charge in [-0.05, 0) is 19.3 Å². The van der Waals surface area contributed by atoms with E-state index in [-0.39, 0.29) is 0 Å². The highest BCUT2D eigenvalue weighted by Crippen LogP contribution is 2.13. The molecule has 0 saturated carbocycles. The Labute approximate surface area is 111 Å². The van der Waals surface area contributed by atoms with E-state index in [4.69, 9.17) is 12.2 Å². The third-order valence-corrected chi connectivity index (χ3v) is 4.15. The summed E-state index contributed by atoms with van der Waals surface area (Å²) in [6.45, 7) is 9.01. The summed E-state index contributed by atoms with van der Waals surface area (Å²) in [6.07, 6.45) is 7.58. The zero-order chi connectivity index (χ0) is 12.2. The highest BCUT2D eigenvalue weighted by atomic mass is 32.2. The van der Waals surface area contributed by atoms with Crippen LogP contribution in [0.15, 0.2) is 0 Å². The number of hydrogen-bond donors (Lipinski definition) is 0. The third kappa shape index (κ3) is 8.40. The van der Waals surface area contributed by atoms with Gasteiger partial charge in [-0.25, -0.2) is 0 Å². The SMILES string of the molecule is CCCCSC(=S)N(CCCC)CCCC. The molecule has 0 radical (unpaired) electrons. The van der Waals surface area contributed by atoms with E-state index in [2.05, 4.69) is 25.7 Å². The molecular weight excluding hydrogens is 234 g/mol. The minimum absolute atomic E-state index is 1.12. The minimum atomic E-state index is 1.12. The third-order valence-electron chi connectivity index (χ3n) is 2.54. The first-order valence-electron chi connectivity index (χ1n) is 6.67. The van der Waals surface area contributed by atoms with E-state index < -0.39 is 0 Å². The van der Waals surface area contributed by atoms with Gasteiger partial charge in [-0.2, -0.15) is 0 Å². The number of thiocarbonyl (C=S) groups is 1. The van der Waals surface area contributed by atoms with Gasteiger partial charge in [0.15, 0.2) is 0 Å². The highest BCUT2D eigenvalue weighted by Gasteiger charge is 2.08. The van der Waals surface area contributed by atoms with Gasteiger partial charge in [0.1, 0.15) is 4.32 Å². The normalized spacial score (nSPS) is 10.4. The van der Waals surface area contributed by atoms with E-state index in [1.165, 1.54) is 44.3 Å². The van der Waals surface area contributed by atoms with Gasteiger partial charge in [-0.1, -0.05) is 64.0 Å².